The summed E-state index contributed by atoms with van der Waals surface area (Å²) in [6, 6.07) is 3.73. The number of hydrogen-bond donors (Lipinski definition) is 3. The van der Waals surface area contributed by atoms with E-state index in [2.05, 4.69) is 5.16 Å². The van der Waals surface area contributed by atoms with Crippen LogP contribution in [0, 0.1) is 5.82 Å². The Bertz CT molecular complexity index is 408. The molecule has 0 radical (unpaired) electrons. The van der Waals surface area contributed by atoms with Crippen LogP contribution in [0.5, 0.6) is 5.75 Å². The first kappa shape index (κ1) is 13.4. The third kappa shape index (κ3) is 3.69. The number of ether oxygens (including phenoxy) is 1. The lowest BCUT2D eigenvalue weighted by Gasteiger charge is -2.13. The van der Waals surface area contributed by atoms with Crippen molar-refractivity contribution < 1.29 is 24.5 Å². The second-order valence-corrected chi connectivity index (χ2v) is 3.47. The van der Waals surface area contributed by atoms with Gasteiger partial charge < -0.3 is 20.2 Å². The molecule has 1 rings (SSSR count). The van der Waals surface area contributed by atoms with E-state index in [1.54, 1.807) is 0 Å². The molecular formula is C11H14FNO4. The van der Waals surface area contributed by atoms with Gasteiger partial charge in [0.25, 0.3) is 0 Å². The maximum Gasteiger partial charge on any atom is 0.131 e. The number of aliphatic hydroxyl groups excluding tert-OH is 2. The molecular weight excluding hydrogens is 229 g/mol. The predicted molar refractivity (Wildman–Crippen MR) is 59.0 cm³/mol. The molecule has 1 unspecified atom stereocenters. The predicted octanol–water partition coefficient (Wildman–Crippen LogP) is 0.756. The first-order valence-electron chi connectivity index (χ1n) is 4.98. The summed E-state index contributed by atoms with van der Waals surface area (Å²) in [7, 11) is 0. The Morgan fingerprint density at radius 1 is 1.53 bits per heavy atom. The third-order valence-electron chi connectivity index (χ3n) is 2.13. The molecule has 0 fully saturated rings. The average Bonchev–Trinajstić information content (AvgIpc) is 2.35. The molecule has 1 atom stereocenters. The molecule has 0 saturated carbocycles. The van der Waals surface area contributed by atoms with Crippen LogP contribution < -0.4 is 4.74 Å². The van der Waals surface area contributed by atoms with E-state index in [0.29, 0.717) is 5.56 Å². The summed E-state index contributed by atoms with van der Waals surface area (Å²) in [5.74, 6) is -0.360. The van der Waals surface area contributed by atoms with Crippen LogP contribution in [0.2, 0.25) is 0 Å². The van der Waals surface area contributed by atoms with Crippen molar-refractivity contribution in [3.8, 4) is 5.75 Å². The highest BCUT2D eigenvalue weighted by atomic mass is 19.1. The van der Waals surface area contributed by atoms with Crippen molar-refractivity contribution >= 4 is 5.71 Å². The minimum atomic E-state index is -1.04. The summed E-state index contributed by atoms with van der Waals surface area (Å²) in [5, 5.41) is 29.4. The summed E-state index contributed by atoms with van der Waals surface area (Å²) in [5.41, 5.74) is 0.678. The molecule has 0 bridgehead atoms. The Morgan fingerprint density at radius 3 is 2.82 bits per heavy atom. The van der Waals surface area contributed by atoms with E-state index >= 15 is 0 Å². The van der Waals surface area contributed by atoms with Gasteiger partial charge in [0, 0.05) is 11.6 Å². The SMILES string of the molecule is C/C(=N/O)c1ccc(F)cc1OCC(O)CO. The van der Waals surface area contributed by atoms with Gasteiger partial charge in [0.05, 0.1) is 12.3 Å². The maximum atomic E-state index is 13.0. The van der Waals surface area contributed by atoms with Crippen LogP contribution in [-0.4, -0.2) is 40.4 Å². The van der Waals surface area contributed by atoms with Gasteiger partial charge in [0.15, 0.2) is 0 Å². The van der Waals surface area contributed by atoms with Crippen molar-refractivity contribution in [3.63, 3.8) is 0 Å². The van der Waals surface area contributed by atoms with Gasteiger partial charge in [0.2, 0.25) is 0 Å². The first-order valence-corrected chi connectivity index (χ1v) is 4.98. The lowest BCUT2D eigenvalue weighted by molar-refractivity contribution is 0.0534. The second kappa shape index (κ2) is 6.17. The van der Waals surface area contributed by atoms with Crippen LogP contribution in [0.3, 0.4) is 0 Å². The third-order valence-corrected chi connectivity index (χ3v) is 2.13. The largest absolute Gasteiger partial charge is 0.490 e. The maximum absolute atomic E-state index is 13.0. The van der Waals surface area contributed by atoms with E-state index in [1.165, 1.54) is 19.1 Å². The normalized spacial score (nSPS) is 13.5. The molecule has 0 saturated heterocycles. The highest BCUT2D eigenvalue weighted by Gasteiger charge is 2.11. The van der Waals surface area contributed by atoms with E-state index < -0.39 is 18.5 Å². The second-order valence-electron chi connectivity index (χ2n) is 3.47. The molecule has 1 aromatic rings. The molecule has 3 N–H and O–H groups in total. The van der Waals surface area contributed by atoms with E-state index in [9.17, 15) is 4.39 Å². The molecule has 0 aliphatic heterocycles. The highest BCUT2D eigenvalue weighted by Crippen LogP contribution is 2.21. The fourth-order valence-corrected chi connectivity index (χ4v) is 1.21. The Morgan fingerprint density at radius 2 is 2.24 bits per heavy atom. The van der Waals surface area contributed by atoms with Crippen molar-refractivity contribution in [1.82, 2.24) is 0 Å². The van der Waals surface area contributed by atoms with Crippen molar-refractivity contribution in [2.24, 2.45) is 5.16 Å². The quantitative estimate of drug-likeness (QED) is 0.405. The zero-order chi connectivity index (χ0) is 12.8. The fraction of sp³-hybridized carbons (Fsp3) is 0.364. The summed E-state index contributed by atoms with van der Waals surface area (Å²) in [4.78, 5) is 0. The summed E-state index contributed by atoms with van der Waals surface area (Å²) in [6.45, 7) is 0.909. The van der Waals surface area contributed by atoms with E-state index in [4.69, 9.17) is 20.2 Å². The van der Waals surface area contributed by atoms with Gasteiger partial charge >= 0.3 is 0 Å². The smallest absolute Gasteiger partial charge is 0.131 e. The molecule has 94 valence electrons. The number of nitrogens with zero attached hydrogens (tertiary/aromatic N) is 1. The molecule has 0 aliphatic carbocycles. The van der Waals surface area contributed by atoms with Gasteiger partial charge in [0.1, 0.15) is 24.3 Å². The van der Waals surface area contributed by atoms with E-state index in [-0.39, 0.29) is 18.1 Å². The molecule has 0 heterocycles. The van der Waals surface area contributed by atoms with Gasteiger partial charge in [-0.1, -0.05) is 5.16 Å². The number of aliphatic hydroxyl groups is 2. The zero-order valence-corrected chi connectivity index (χ0v) is 9.30. The van der Waals surface area contributed by atoms with Gasteiger partial charge in [-0.05, 0) is 19.1 Å². The Balaban J connectivity index is 2.91. The summed E-state index contributed by atoms with van der Waals surface area (Å²) in [6.07, 6.45) is -1.04. The van der Waals surface area contributed by atoms with Gasteiger partial charge in [-0.25, -0.2) is 4.39 Å². The van der Waals surface area contributed by atoms with E-state index in [0.717, 1.165) is 6.07 Å². The van der Waals surface area contributed by atoms with Crippen LogP contribution in [-0.2, 0) is 0 Å². The molecule has 0 spiro atoms. The number of oxime groups is 1. The van der Waals surface area contributed by atoms with Gasteiger partial charge in [-0.3, -0.25) is 0 Å². The highest BCUT2D eigenvalue weighted by molar-refractivity contribution is 6.00. The Kier molecular flexibility index (Phi) is 4.86. The Hall–Kier alpha value is -1.66. The van der Waals surface area contributed by atoms with Crippen molar-refractivity contribution in [1.29, 1.82) is 0 Å². The van der Waals surface area contributed by atoms with Crippen molar-refractivity contribution in [3.05, 3.63) is 29.6 Å². The number of rotatable bonds is 5. The number of hydrogen-bond acceptors (Lipinski definition) is 5. The van der Waals surface area contributed by atoms with Crippen LogP contribution in [0.15, 0.2) is 23.4 Å². The average molecular weight is 243 g/mol. The van der Waals surface area contributed by atoms with Crippen LogP contribution in [0.4, 0.5) is 4.39 Å². The minimum absolute atomic E-state index is 0.146. The van der Waals surface area contributed by atoms with Gasteiger partial charge in [-0.2, -0.15) is 0 Å². The molecule has 0 aromatic heterocycles. The zero-order valence-electron chi connectivity index (χ0n) is 9.30. The molecule has 1 aromatic carbocycles. The summed E-state index contributed by atoms with van der Waals surface area (Å²) < 4.78 is 18.2. The molecule has 0 aliphatic rings. The van der Waals surface area contributed by atoms with Crippen molar-refractivity contribution in [2.75, 3.05) is 13.2 Å². The number of benzene rings is 1. The van der Waals surface area contributed by atoms with Crippen LogP contribution in [0.1, 0.15) is 12.5 Å². The monoisotopic (exact) mass is 243 g/mol. The lowest BCUT2D eigenvalue weighted by atomic mass is 10.1. The van der Waals surface area contributed by atoms with E-state index in [1.807, 2.05) is 0 Å². The van der Waals surface area contributed by atoms with Gasteiger partial charge in [-0.15, -0.1) is 0 Å². The Labute approximate surface area is 97.8 Å². The van der Waals surface area contributed by atoms with Crippen molar-refractivity contribution in [2.45, 2.75) is 13.0 Å². The fourth-order valence-electron chi connectivity index (χ4n) is 1.21. The lowest BCUT2D eigenvalue weighted by Crippen LogP contribution is -2.22. The number of halogens is 1. The molecule has 0 amide bonds. The summed E-state index contributed by atoms with van der Waals surface area (Å²) >= 11 is 0. The molecule has 6 heteroatoms. The first-order chi connectivity index (χ1) is 8.08. The molecule has 17 heavy (non-hydrogen) atoms. The molecule has 5 nitrogen and oxygen atoms in total. The standard InChI is InChI=1S/C11H14FNO4/c1-7(13-16)10-3-2-8(12)4-11(10)17-6-9(15)5-14/h2-4,9,14-16H,5-6H2,1H3/b13-7-. The van der Waals surface area contributed by atoms with Crippen LogP contribution >= 0.6 is 0 Å². The minimum Gasteiger partial charge on any atom is -0.490 e. The van der Waals surface area contributed by atoms with Crippen LogP contribution in [0.25, 0.3) is 0 Å². The topological polar surface area (TPSA) is 82.3 Å².